The van der Waals surface area contributed by atoms with E-state index in [1.165, 1.54) is 186 Å². The maximum atomic E-state index is 13.1. The van der Waals surface area contributed by atoms with Gasteiger partial charge in [0.15, 0.2) is 12.2 Å². The first kappa shape index (κ1) is 91.1. The average molecular weight is 1370 g/mol. The van der Waals surface area contributed by atoms with E-state index >= 15 is 0 Å². The Labute approximate surface area is 568 Å². The van der Waals surface area contributed by atoms with Crippen molar-refractivity contribution in [1.82, 2.24) is 0 Å². The number of hydrogen-bond donors (Lipinski definition) is 3. The van der Waals surface area contributed by atoms with Crippen molar-refractivity contribution in [2.75, 3.05) is 39.6 Å². The van der Waals surface area contributed by atoms with Crippen LogP contribution in [0, 0.1) is 11.8 Å². The number of ether oxygens (including phenoxy) is 4. The number of esters is 4. The highest BCUT2D eigenvalue weighted by atomic mass is 31.2. The zero-order chi connectivity index (χ0) is 68.6. The highest BCUT2D eigenvalue weighted by molar-refractivity contribution is 7.47. The number of carbonyl (C=O) groups is 4. The van der Waals surface area contributed by atoms with Gasteiger partial charge in [0.25, 0.3) is 0 Å². The third kappa shape index (κ3) is 68.4. The van der Waals surface area contributed by atoms with Gasteiger partial charge in [0, 0.05) is 25.7 Å². The summed E-state index contributed by atoms with van der Waals surface area (Å²) in [6.45, 7) is 9.59. The molecule has 0 aliphatic rings. The zero-order valence-electron chi connectivity index (χ0n) is 60.6. The fourth-order valence-corrected chi connectivity index (χ4v) is 12.9. The minimum atomic E-state index is -4.95. The van der Waals surface area contributed by atoms with Crippen molar-refractivity contribution in [3.63, 3.8) is 0 Å². The van der Waals surface area contributed by atoms with Crippen molar-refractivity contribution >= 4 is 39.5 Å². The predicted molar refractivity (Wildman–Crippen MR) is 377 cm³/mol. The third-order valence-corrected chi connectivity index (χ3v) is 19.1. The Balaban J connectivity index is 5.19. The van der Waals surface area contributed by atoms with E-state index in [9.17, 15) is 43.2 Å². The minimum Gasteiger partial charge on any atom is -0.462 e. The summed E-state index contributed by atoms with van der Waals surface area (Å²) in [5, 5.41) is 10.6. The van der Waals surface area contributed by atoms with Crippen LogP contribution in [-0.2, 0) is 65.4 Å². The van der Waals surface area contributed by atoms with Gasteiger partial charge in [-0.2, -0.15) is 0 Å². The van der Waals surface area contributed by atoms with Gasteiger partial charge >= 0.3 is 39.5 Å². The Morgan fingerprint density at radius 3 is 0.731 bits per heavy atom. The maximum Gasteiger partial charge on any atom is 0.472 e. The summed E-state index contributed by atoms with van der Waals surface area (Å²) in [6, 6.07) is 0. The number of unbranched alkanes of at least 4 members (excludes halogenated alkanes) is 43. The number of aliphatic hydroxyl groups is 1. The van der Waals surface area contributed by atoms with Gasteiger partial charge in [-0.3, -0.25) is 37.3 Å². The first-order chi connectivity index (χ1) is 44.9. The molecule has 2 unspecified atom stereocenters. The van der Waals surface area contributed by atoms with Crippen LogP contribution in [0.2, 0.25) is 0 Å². The van der Waals surface area contributed by atoms with E-state index in [1.807, 2.05) is 0 Å². The highest BCUT2D eigenvalue weighted by Gasteiger charge is 2.30. The molecule has 17 nitrogen and oxygen atoms in total. The molecule has 0 rings (SSSR count). The monoisotopic (exact) mass is 1370 g/mol. The molecule has 0 aromatic rings. The molecule has 552 valence electrons. The highest BCUT2D eigenvalue weighted by Crippen LogP contribution is 2.45. The lowest BCUT2D eigenvalue weighted by Gasteiger charge is -2.21. The van der Waals surface area contributed by atoms with Crippen LogP contribution in [0.25, 0.3) is 0 Å². The summed E-state index contributed by atoms with van der Waals surface area (Å²) in [5.41, 5.74) is 0. The van der Waals surface area contributed by atoms with Crippen LogP contribution in [-0.4, -0.2) is 96.7 Å². The van der Waals surface area contributed by atoms with Gasteiger partial charge in [-0.05, 0) is 37.5 Å². The normalized spacial score (nSPS) is 14.1. The fraction of sp³-hybridized carbons (Fsp3) is 0.946. The summed E-state index contributed by atoms with van der Waals surface area (Å²) in [6.07, 6.45) is 52.8. The second-order valence-electron chi connectivity index (χ2n) is 27.6. The van der Waals surface area contributed by atoms with E-state index in [0.717, 1.165) is 115 Å². The van der Waals surface area contributed by atoms with Crippen LogP contribution in [0.4, 0.5) is 0 Å². The van der Waals surface area contributed by atoms with Crippen LogP contribution in [0.5, 0.6) is 0 Å². The maximum absolute atomic E-state index is 13.1. The molecule has 0 bridgehead atoms. The van der Waals surface area contributed by atoms with Crippen molar-refractivity contribution in [2.24, 2.45) is 11.8 Å². The number of aliphatic hydroxyl groups excluding tert-OH is 1. The van der Waals surface area contributed by atoms with Crippen LogP contribution in [0.3, 0.4) is 0 Å². The number of phosphoric ester groups is 2. The standard InChI is InChI=1S/C74H144O17P2/c1-7-9-11-13-15-16-26-34-40-46-52-58-73(78)90-69(62-84-71(76)56-50-44-36-14-12-10-8-2)64-88-92(80,81)86-60-68(75)61-87-93(82,83)89-65-70(63-85-72(77)57-51-45-39-33-29-24-21-20-23-28-32-38-43-49-55-67(5)6)91-74(79)59-53-47-41-35-30-25-19-17-18-22-27-31-37-42-48-54-66(3)4/h66-70,75H,7-65H2,1-6H3,(H,80,81)(H,82,83)/t68-,69+,70+/m0/s1. The Hall–Kier alpha value is -1.94. The van der Waals surface area contributed by atoms with Crippen LogP contribution >= 0.6 is 15.6 Å². The second-order valence-corrected chi connectivity index (χ2v) is 30.5. The number of carbonyl (C=O) groups excluding carboxylic acids is 4. The van der Waals surface area contributed by atoms with Gasteiger partial charge in [0.2, 0.25) is 0 Å². The molecule has 19 heteroatoms. The molecule has 3 N–H and O–H groups in total. The topological polar surface area (TPSA) is 237 Å². The number of phosphoric acid groups is 2. The summed E-state index contributed by atoms with van der Waals surface area (Å²) in [5.74, 6) is -0.520. The smallest absolute Gasteiger partial charge is 0.462 e. The fourth-order valence-electron chi connectivity index (χ4n) is 11.3. The summed E-state index contributed by atoms with van der Waals surface area (Å²) < 4.78 is 68.3. The molecular weight excluding hydrogens is 1220 g/mol. The Kier molecular flexibility index (Phi) is 64.6. The van der Waals surface area contributed by atoms with Crippen molar-refractivity contribution in [2.45, 2.75) is 400 Å². The van der Waals surface area contributed by atoms with Gasteiger partial charge in [-0.25, -0.2) is 9.13 Å². The van der Waals surface area contributed by atoms with E-state index < -0.39 is 97.5 Å². The molecule has 0 aromatic heterocycles. The van der Waals surface area contributed by atoms with Gasteiger partial charge in [0.1, 0.15) is 19.3 Å². The lowest BCUT2D eigenvalue weighted by molar-refractivity contribution is -0.161. The number of hydrogen-bond acceptors (Lipinski definition) is 15. The van der Waals surface area contributed by atoms with Gasteiger partial charge in [0.05, 0.1) is 26.4 Å². The molecule has 0 radical (unpaired) electrons. The molecule has 0 aliphatic carbocycles. The molecule has 0 saturated carbocycles. The van der Waals surface area contributed by atoms with Gasteiger partial charge < -0.3 is 33.8 Å². The molecule has 0 aromatic carbocycles. The SMILES string of the molecule is CCCCCCCCCCCCCC(=O)O[C@H](COC(=O)CCCCCCCCC)COP(=O)(O)OC[C@H](O)COP(=O)(O)OC[C@@H](COC(=O)CCCCCCCCCCCCCCCCC(C)C)OC(=O)CCCCCCCCCCCCCCCCCC(C)C. The lowest BCUT2D eigenvalue weighted by Crippen LogP contribution is -2.30. The lowest BCUT2D eigenvalue weighted by atomic mass is 10.0. The Morgan fingerprint density at radius 2 is 0.495 bits per heavy atom. The first-order valence-electron chi connectivity index (χ1n) is 38.5. The molecule has 0 aliphatic heterocycles. The van der Waals surface area contributed by atoms with Crippen molar-refractivity contribution < 1.29 is 80.2 Å². The molecule has 0 amide bonds. The van der Waals surface area contributed by atoms with E-state index in [0.29, 0.717) is 25.7 Å². The average Bonchev–Trinajstić information content (AvgIpc) is 3.01. The molecule has 0 spiro atoms. The first-order valence-corrected chi connectivity index (χ1v) is 41.5. The second kappa shape index (κ2) is 66.0. The van der Waals surface area contributed by atoms with Crippen molar-refractivity contribution in [3.8, 4) is 0 Å². The summed E-state index contributed by atoms with van der Waals surface area (Å²) in [4.78, 5) is 72.6. The Bertz CT molecular complexity index is 1800. The molecule has 5 atom stereocenters. The minimum absolute atomic E-state index is 0.107. The predicted octanol–water partition coefficient (Wildman–Crippen LogP) is 21.6. The van der Waals surface area contributed by atoms with E-state index in [1.54, 1.807) is 0 Å². The van der Waals surface area contributed by atoms with Crippen LogP contribution < -0.4 is 0 Å². The van der Waals surface area contributed by atoms with Crippen molar-refractivity contribution in [1.29, 1.82) is 0 Å². The quantitative estimate of drug-likeness (QED) is 0.0222. The Morgan fingerprint density at radius 1 is 0.290 bits per heavy atom. The van der Waals surface area contributed by atoms with Crippen molar-refractivity contribution in [3.05, 3.63) is 0 Å². The van der Waals surface area contributed by atoms with E-state index in [2.05, 4.69) is 41.5 Å². The molecule has 0 fully saturated rings. The summed E-state index contributed by atoms with van der Waals surface area (Å²) in [7, 11) is -9.90. The summed E-state index contributed by atoms with van der Waals surface area (Å²) >= 11 is 0. The third-order valence-electron chi connectivity index (χ3n) is 17.2. The number of rotatable bonds is 73. The van der Waals surface area contributed by atoms with Crippen LogP contribution in [0.15, 0.2) is 0 Å². The zero-order valence-corrected chi connectivity index (χ0v) is 62.3. The largest absolute Gasteiger partial charge is 0.472 e. The molecule has 0 heterocycles. The van der Waals surface area contributed by atoms with E-state index in [-0.39, 0.29) is 25.7 Å². The van der Waals surface area contributed by atoms with Crippen LogP contribution in [0.1, 0.15) is 382 Å². The molecule has 93 heavy (non-hydrogen) atoms. The molecular formula is C74H144O17P2. The molecule has 0 saturated heterocycles. The van der Waals surface area contributed by atoms with Gasteiger partial charge in [-0.15, -0.1) is 0 Å². The van der Waals surface area contributed by atoms with E-state index in [4.69, 9.17) is 37.0 Å². The van der Waals surface area contributed by atoms with Gasteiger partial charge in [-0.1, -0.05) is 330 Å².